The van der Waals surface area contributed by atoms with Gasteiger partial charge in [0.1, 0.15) is 4.83 Å². The number of amides is 1. The number of aliphatic carboxylic acids is 1. The molecule has 0 unspecified atom stereocenters. The number of aryl methyl sites for hydroxylation is 3. The molecule has 2 rings (SSSR count). The molecule has 2 heterocycles. The summed E-state index contributed by atoms with van der Waals surface area (Å²) in [6.07, 6.45) is 2.04. The lowest BCUT2D eigenvalue weighted by Crippen LogP contribution is -2.28. The van der Waals surface area contributed by atoms with Gasteiger partial charge in [-0.3, -0.25) is 19.0 Å². The fraction of sp³-hybridized carbons (Fsp3) is 0.467. The van der Waals surface area contributed by atoms with Gasteiger partial charge in [-0.05, 0) is 25.8 Å². The smallest absolute Gasteiger partial charge is 0.303 e. The number of carbonyl (C=O) groups excluding carboxylic acids is 1. The molecule has 23 heavy (non-hydrogen) atoms. The van der Waals surface area contributed by atoms with Gasteiger partial charge in [-0.15, -0.1) is 11.3 Å². The molecule has 8 heteroatoms. The van der Waals surface area contributed by atoms with Crippen molar-refractivity contribution in [2.45, 2.75) is 39.7 Å². The van der Waals surface area contributed by atoms with Crippen LogP contribution in [0.15, 0.2) is 11.1 Å². The maximum Gasteiger partial charge on any atom is 0.303 e. The standard InChI is InChI=1S/C15H19N3O4S/c1-9-10(2)23-14-13(9)15(22)18(8-17-14)7-5-11(19)16-6-3-4-12(20)21/h8H,3-7H2,1-2H3,(H,16,19)(H,20,21). The van der Waals surface area contributed by atoms with Crippen LogP contribution in [-0.4, -0.2) is 33.1 Å². The molecule has 2 N–H and O–H groups in total. The normalized spacial score (nSPS) is 10.9. The van der Waals surface area contributed by atoms with Crippen LogP contribution in [0.5, 0.6) is 0 Å². The molecule has 0 aliphatic rings. The molecule has 0 fully saturated rings. The Kier molecular flexibility index (Phi) is 5.49. The lowest BCUT2D eigenvalue weighted by molar-refractivity contribution is -0.137. The van der Waals surface area contributed by atoms with Crippen LogP contribution in [0.4, 0.5) is 0 Å². The van der Waals surface area contributed by atoms with Gasteiger partial charge in [-0.25, -0.2) is 4.98 Å². The topological polar surface area (TPSA) is 101 Å². The summed E-state index contributed by atoms with van der Waals surface area (Å²) < 4.78 is 1.44. The van der Waals surface area contributed by atoms with Crippen molar-refractivity contribution in [1.29, 1.82) is 0 Å². The highest BCUT2D eigenvalue weighted by molar-refractivity contribution is 7.18. The highest BCUT2D eigenvalue weighted by Gasteiger charge is 2.12. The molecule has 7 nitrogen and oxygen atoms in total. The summed E-state index contributed by atoms with van der Waals surface area (Å²) in [7, 11) is 0. The minimum absolute atomic E-state index is 0.0249. The van der Waals surface area contributed by atoms with Gasteiger partial charge in [-0.2, -0.15) is 0 Å². The van der Waals surface area contributed by atoms with E-state index < -0.39 is 5.97 Å². The third-order valence-corrected chi connectivity index (χ3v) is 4.74. The second kappa shape index (κ2) is 7.36. The zero-order valence-electron chi connectivity index (χ0n) is 13.1. The van der Waals surface area contributed by atoms with Gasteiger partial charge in [0.05, 0.1) is 11.7 Å². The predicted octanol–water partition coefficient (Wildman–Crippen LogP) is 1.45. The van der Waals surface area contributed by atoms with Crippen molar-refractivity contribution in [3.8, 4) is 0 Å². The van der Waals surface area contributed by atoms with Crippen molar-refractivity contribution in [3.63, 3.8) is 0 Å². The number of carboxylic acids is 1. The molecule has 0 aliphatic carbocycles. The van der Waals surface area contributed by atoms with E-state index in [0.29, 0.717) is 18.4 Å². The number of nitrogens with one attached hydrogen (secondary N) is 1. The van der Waals surface area contributed by atoms with Crippen LogP contribution in [0.25, 0.3) is 10.2 Å². The summed E-state index contributed by atoms with van der Waals surface area (Å²) in [5.74, 6) is -1.09. The maximum atomic E-state index is 12.4. The lowest BCUT2D eigenvalue weighted by atomic mass is 10.2. The van der Waals surface area contributed by atoms with Crippen molar-refractivity contribution in [3.05, 3.63) is 27.1 Å². The molecule has 0 aromatic carbocycles. The second-order valence-corrected chi connectivity index (χ2v) is 6.51. The molecular formula is C15H19N3O4S. The maximum absolute atomic E-state index is 12.4. The summed E-state index contributed by atoms with van der Waals surface area (Å²) in [6, 6.07) is 0. The Morgan fingerprint density at radius 3 is 2.78 bits per heavy atom. The van der Waals surface area contributed by atoms with Gasteiger partial charge >= 0.3 is 5.97 Å². The number of nitrogens with zero attached hydrogens (tertiary/aromatic N) is 2. The van der Waals surface area contributed by atoms with Gasteiger partial charge in [0.15, 0.2) is 0 Å². The Bertz CT molecular complexity index is 794. The van der Waals surface area contributed by atoms with Gasteiger partial charge in [0.2, 0.25) is 5.91 Å². The van der Waals surface area contributed by atoms with E-state index in [1.807, 2.05) is 13.8 Å². The minimum atomic E-state index is -0.883. The first-order valence-electron chi connectivity index (χ1n) is 7.33. The minimum Gasteiger partial charge on any atom is -0.481 e. The summed E-state index contributed by atoms with van der Waals surface area (Å²) in [5.41, 5.74) is 0.811. The molecule has 0 saturated carbocycles. The van der Waals surface area contributed by atoms with E-state index in [4.69, 9.17) is 5.11 Å². The Morgan fingerprint density at radius 2 is 2.09 bits per heavy atom. The van der Waals surface area contributed by atoms with Gasteiger partial charge in [-0.1, -0.05) is 0 Å². The van der Waals surface area contributed by atoms with Crippen molar-refractivity contribution in [2.75, 3.05) is 6.54 Å². The Balaban J connectivity index is 1.96. The SMILES string of the molecule is Cc1sc2ncn(CCC(=O)NCCCC(=O)O)c(=O)c2c1C. The van der Waals surface area contributed by atoms with Crippen molar-refractivity contribution in [2.24, 2.45) is 0 Å². The summed E-state index contributed by atoms with van der Waals surface area (Å²) >= 11 is 1.49. The van der Waals surface area contributed by atoms with Gasteiger partial charge in [0.25, 0.3) is 5.56 Å². The van der Waals surface area contributed by atoms with E-state index in [0.717, 1.165) is 15.3 Å². The Hall–Kier alpha value is -2.22. The number of aromatic nitrogens is 2. The zero-order valence-corrected chi connectivity index (χ0v) is 13.9. The van der Waals surface area contributed by atoms with Crippen LogP contribution < -0.4 is 10.9 Å². The van der Waals surface area contributed by atoms with E-state index in [-0.39, 0.29) is 30.9 Å². The van der Waals surface area contributed by atoms with Crippen LogP contribution in [0, 0.1) is 13.8 Å². The molecule has 0 atom stereocenters. The number of thiophene rings is 1. The lowest BCUT2D eigenvalue weighted by Gasteiger charge is -2.06. The van der Waals surface area contributed by atoms with E-state index in [2.05, 4.69) is 10.3 Å². The first kappa shape index (κ1) is 17.1. The van der Waals surface area contributed by atoms with Crippen molar-refractivity contribution in [1.82, 2.24) is 14.9 Å². The average Bonchev–Trinajstić information content (AvgIpc) is 2.78. The Morgan fingerprint density at radius 1 is 1.35 bits per heavy atom. The van der Waals surface area contributed by atoms with Crippen LogP contribution in [0.1, 0.15) is 29.7 Å². The highest BCUT2D eigenvalue weighted by Crippen LogP contribution is 2.25. The van der Waals surface area contributed by atoms with Crippen molar-refractivity contribution < 1.29 is 14.7 Å². The fourth-order valence-corrected chi connectivity index (χ4v) is 3.19. The fourth-order valence-electron chi connectivity index (χ4n) is 2.21. The summed E-state index contributed by atoms with van der Waals surface area (Å²) in [5, 5.41) is 11.8. The van der Waals surface area contributed by atoms with Crippen LogP contribution in [0.2, 0.25) is 0 Å². The molecule has 0 bridgehead atoms. The molecular weight excluding hydrogens is 318 g/mol. The molecule has 1 amide bonds. The van der Waals surface area contributed by atoms with E-state index >= 15 is 0 Å². The average molecular weight is 337 g/mol. The van der Waals surface area contributed by atoms with E-state index in [1.165, 1.54) is 22.2 Å². The number of carbonyl (C=O) groups is 2. The third-order valence-electron chi connectivity index (χ3n) is 3.63. The Labute approximate surface area is 137 Å². The molecule has 2 aromatic rings. The van der Waals surface area contributed by atoms with Crippen LogP contribution in [-0.2, 0) is 16.1 Å². The first-order valence-corrected chi connectivity index (χ1v) is 8.15. The number of carboxylic acid groups (broad SMARTS) is 1. The monoisotopic (exact) mass is 337 g/mol. The summed E-state index contributed by atoms with van der Waals surface area (Å²) in [6.45, 7) is 4.42. The van der Waals surface area contributed by atoms with Crippen molar-refractivity contribution >= 4 is 33.4 Å². The molecule has 124 valence electrons. The zero-order chi connectivity index (χ0) is 17.0. The number of hydrogen-bond acceptors (Lipinski definition) is 5. The molecule has 0 saturated heterocycles. The number of hydrogen-bond donors (Lipinski definition) is 2. The number of rotatable bonds is 7. The third kappa shape index (κ3) is 4.16. The first-order chi connectivity index (χ1) is 10.9. The molecule has 0 spiro atoms. The molecule has 2 aromatic heterocycles. The molecule has 0 aliphatic heterocycles. The summed E-state index contributed by atoms with van der Waals surface area (Å²) in [4.78, 5) is 40.6. The quantitative estimate of drug-likeness (QED) is 0.745. The highest BCUT2D eigenvalue weighted by atomic mass is 32.1. The van der Waals surface area contributed by atoms with Crippen LogP contribution in [0.3, 0.4) is 0 Å². The predicted molar refractivity (Wildman–Crippen MR) is 87.9 cm³/mol. The largest absolute Gasteiger partial charge is 0.481 e. The second-order valence-electron chi connectivity index (χ2n) is 5.30. The molecule has 0 radical (unpaired) electrons. The van der Waals surface area contributed by atoms with Gasteiger partial charge < -0.3 is 10.4 Å². The number of fused-ring (bicyclic) bond motifs is 1. The van der Waals surface area contributed by atoms with Gasteiger partial charge in [0, 0.05) is 30.8 Å². The van der Waals surface area contributed by atoms with E-state index in [9.17, 15) is 14.4 Å². The van der Waals surface area contributed by atoms with Crippen LogP contribution >= 0.6 is 11.3 Å². The van der Waals surface area contributed by atoms with E-state index in [1.54, 1.807) is 0 Å².